The van der Waals surface area contributed by atoms with E-state index in [0.717, 1.165) is 22.3 Å². The maximum atomic E-state index is 11.4. The Balaban J connectivity index is 0.000000306. The molecule has 37 heavy (non-hydrogen) atoms. The number of rotatable bonds is 4. The predicted molar refractivity (Wildman–Crippen MR) is 147 cm³/mol. The molecule has 0 aliphatic rings. The minimum Gasteiger partial charge on any atom is -0.478 e. The summed E-state index contributed by atoms with van der Waals surface area (Å²) in [5.41, 5.74) is 5.87. The van der Waals surface area contributed by atoms with Gasteiger partial charge in [0.25, 0.3) is 5.91 Å². The molecule has 8 nitrogen and oxygen atoms in total. The van der Waals surface area contributed by atoms with Gasteiger partial charge in [0, 0.05) is 5.56 Å². The second-order valence-corrected chi connectivity index (χ2v) is 7.24. The SMILES string of the molecule is NOCl.O=BP.O=C(NO)c1ccccc1-c1ccccc1.O=C(O)c1ccccc1-c1ccccc1. The number of carboxylic acids is 1. The van der Waals surface area contributed by atoms with Gasteiger partial charge in [0.05, 0.1) is 17.4 Å². The molecule has 1 atom stereocenters. The van der Waals surface area contributed by atoms with Gasteiger partial charge in [-0.25, -0.2) is 10.3 Å². The zero-order valence-electron chi connectivity index (χ0n) is 19.5. The number of benzene rings is 4. The van der Waals surface area contributed by atoms with Crippen LogP contribution in [-0.2, 0) is 9.09 Å². The van der Waals surface area contributed by atoms with Crippen molar-refractivity contribution < 1.29 is 29.0 Å². The first kappa shape index (κ1) is 31.3. The zero-order valence-corrected chi connectivity index (χ0v) is 21.4. The summed E-state index contributed by atoms with van der Waals surface area (Å²) in [5.74, 6) is 2.72. The summed E-state index contributed by atoms with van der Waals surface area (Å²) in [6, 6.07) is 33.2. The van der Waals surface area contributed by atoms with Gasteiger partial charge in [-0.1, -0.05) is 97.1 Å². The minimum atomic E-state index is -0.894. The Morgan fingerprint density at radius 2 is 1.08 bits per heavy atom. The van der Waals surface area contributed by atoms with E-state index in [2.05, 4.69) is 22.2 Å². The van der Waals surface area contributed by atoms with Crippen molar-refractivity contribution in [2.75, 3.05) is 0 Å². The number of carbonyl (C=O) groups is 2. The average molecular weight is 539 g/mol. The summed E-state index contributed by atoms with van der Waals surface area (Å²) in [5, 5.41) is 17.7. The standard InChI is InChI=1S/C13H11NO2.C13H10O2.BH2OP.ClH2NO/c15-13(14-16)12-9-5-4-8-11(12)10-6-2-1-3-7-10;14-13(15)12-9-5-4-8-11(12)10-6-2-1-3-7-10;2-1-3;1-3-2/h1-9,16H,(H,14,15);1-9H,(H,14,15);3H2;2H2. The Morgan fingerprint density at radius 3 is 1.46 bits per heavy atom. The molecule has 0 radical (unpaired) electrons. The number of hydrogen-bond acceptors (Lipinski definition) is 6. The number of halogens is 1. The van der Waals surface area contributed by atoms with E-state index in [0.29, 0.717) is 18.0 Å². The van der Waals surface area contributed by atoms with Gasteiger partial charge in [-0.05, 0) is 34.4 Å². The van der Waals surface area contributed by atoms with Crippen molar-refractivity contribution in [2.45, 2.75) is 0 Å². The van der Waals surface area contributed by atoms with Gasteiger partial charge in [0.1, 0.15) is 0 Å². The Bertz CT molecular complexity index is 1250. The summed E-state index contributed by atoms with van der Waals surface area (Å²) in [6.45, 7) is 0.667. The van der Waals surface area contributed by atoms with Crippen LogP contribution in [0.4, 0.5) is 0 Å². The molecule has 0 saturated heterocycles. The van der Waals surface area contributed by atoms with Crippen LogP contribution < -0.4 is 11.4 Å². The first-order valence-corrected chi connectivity index (χ1v) is 11.5. The van der Waals surface area contributed by atoms with Crippen molar-refractivity contribution in [3.63, 3.8) is 0 Å². The second-order valence-electron chi connectivity index (χ2n) is 6.79. The van der Waals surface area contributed by atoms with Gasteiger partial charge in [0.15, 0.2) is 0 Å². The van der Waals surface area contributed by atoms with Gasteiger partial charge < -0.3 is 5.11 Å². The Morgan fingerprint density at radius 1 is 0.757 bits per heavy atom. The summed E-state index contributed by atoms with van der Waals surface area (Å²) in [7, 11) is 1.90. The quantitative estimate of drug-likeness (QED) is 0.118. The molecule has 4 aromatic rings. The number of amides is 1. The molecule has 0 fully saturated rings. The molecule has 5 N–H and O–H groups in total. The van der Waals surface area contributed by atoms with Crippen LogP contribution in [0, 0.1) is 0 Å². The monoisotopic (exact) mass is 538 g/mol. The fourth-order valence-corrected chi connectivity index (χ4v) is 3.15. The van der Waals surface area contributed by atoms with Crippen LogP contribution in [0.5, 0.6) is 0 Å². The van der Waals surface area contributed by atoms with Crippen molar-refractivity contribution >= 4 is 39.7 Å². The summed E-state index contributed by atoms with van der Waals surface area (Å²) in [6.07, 6.45) is 0. The number of carbonyl (C=O) groups excluding carboxylic acids is 1. The van der Waals surface area contributed by atoms with Crippen molar-refractivity contribution in [3.05, 3.63) is 120 Å². The summed E-state index contributed by atoms with van der Waals surface area (Å²) < 4.78 is 12.0. The summed E-state index contributed by atoms with van der Waals surface area (Å²) in [4.78, 5) is 22.4. The molecule has 0 aromatic heterocycles. The molecule has 0 bridgehead atoms. The number of aromatic carboxylic acids is 1. The first-order valence-electron chi connectivity index (χ1n) is 10.5. The molecular formula is C26H25BClN2O6P. The topological polar surface area (TPSA) is 139 Å². The number of nitrogens with two attached hydrogens (primary N) is 1. The minimum absolute atomic E-state index is 0.337. The van der Waals surface area contributed by atoms with Gasteiger partial charge >= 0.3 is 26.7 Å². The Kier molecular flexibility index (Phi) is 15.7. The van der Waals surface area contributed by atoms with E-state index in [-0.39, 0.29) is 0 Å². The van der Waals surface area contributed by atoms with E-state index in [1.54, 1.807) is 29.7 Å². The molecule has 0 saturated carbocycles. The number of hydrogen-bond donors (Lipinski definition) is 4. The van der Waals surface area contributed by atoms with Crippen molar-refractivity contribution in [3.8, 4) is 22.3 Å². The third-order valence-corrected chi connectivity index (χ3v) is 4.60. The van der Waals surface area contributed by atoms with E-state index >= 15 is 0 Å². The maximum Gasteiger partial charge on any atom is 0.336 e. The first-order chi connectivity index (χ1) is 17.9. The van der Waals surface area contributed by atoms with E-state index in [9.17, 15) is 9.59 Å². The Labute approximate surface area is 222 Å². The van der Waals surface area contributed by atoms with Gasteiger partial charge in [-0.2, -0.15) is 10.3 Å². The van der Waals surface area contributed by atoms with E-state index < -0.39 is 11.9 Å². The Hall–Kier alpha value is -3.72. The number of hydroxylamine groups is 1. The van der Waals surface area contributed by atoms with Crippen LogP contribution in [-0.4, -0.2) is 29.1 Å². The van der Waals surface area contributed by atoms with Crippen LogP contribution in [0.3, 0.4) is 0 Å². The predicted octanol–water partition coefficient (Wildman–Crippen LogP) is 5.38. The van der Waals surface area contributed by atoms with Crippen LogP contribution in [0.15, 0.2) is 109 Å². The molecule has 0 heterocycles. The largest absolute Gasteiger partial charge is 0.478 e. The fourth-order valence-electron chi connectivity index (χ4n) is 3.15. The molecule has 0 spiro atoms. The summed E-state index contributed by atoms with van der Waals surface area (Å²) >= 11 is 4.28. The van der Waals surface area contributed by atoms with Gasteiger partial charge in [-0.3, -0.25) is 10.0 Å². The molecule has 1 unspecified atom stereocenters. The fraction of sp³-hybridized carbons (Fsp3) is 0. The molecule has 0 aliphatic heterocycles. The number of nitrogens with one attached hydrogen (secondary N) is 1. The van der Waals surface area contributed by atoms with Crippen LogP contribution in [0.25, 0.3) is 22.3 Å². The second kappa shape index (κ2) is 18.5. The molecule has 11 heteroatoms. The van der Waals surface area contributed by atoms with E-state index in [1.165, 1.54) is 0 Å². The van der Waals surface area contributed by atoms with Gasteiger partial charge in [-0.15, -0.1) is 0 Å². The van der Waals surface area contributed by atoms with E-state index in [4.69, 9.17) is 15.0 Å². The number of carboxylic acid groups (broad SMARTS) is 1. The zero-order chi connectivity index (χ0) is 27.5. The average Bonchev–Trinajstić information content (AvgIpc) is 2.95. The normalized spacial score (nSPS) is 8.97. The third-order valence-electron chi connectivity index (χ3n) is 4.60. The molecule has 1 amide bonds. The third kappa shape index (κ3) is 10.8. The van der Waals surface area contributed by atoms with Crippen molar-refractivity contribution in [1.29, 1.82) is 0 Å². The van der Waals surface area contributed by atoms with Crippen LogP contribution >= 0.6 is 21.0 Å². The molecule has 4 rings (SSSR count). The maximum absolute atomic E-state index is 11.4. The van der Waals surface area contributed by atoms with Crippen molar-refractivity contribution in [2.24, 2.45) is 5.90 Å². The van der Waals surface area contributed by atoms with E-state index in [1.807, 2.05) is 94.0 Å². The van der Waals surface area contributed by atoms with Gasteiger partial charge in [0.2, 0.25) is 0 Å². The molecule has 4 aromatic carbocycles. The van der Waals surface area contributed by atoms with Crippen molar-refractivity contribution in [1.82, 2.24) is 5.48 Å². The molecule has 0 aliphatic carbocycles. The van der Waals surface area contributed by atoms with Crippen LogP contribution in [0.1, 0.15) is 20.7 Å². The molecule has 190 valence electrons. The van der Waals surface area contributed by atoms with Crippen LogP contribution in [0.2, 0.25) is 0 Å². The molecular weight excluding hydrogens is 514 g/mol. The smallest absolute Gasteiger partial charge is 0.336 e.